The van der Waals surface area contributed by atoms with E-state index in [1.165, 1.54) is 6.26 Å². The summed E-state index contributed by atoms with van der Waals surface area (Å²) in [5.74, 6) is 0.547. The van der Waals surface area contributed by atoms with E-state index in [9.17, 15) is 4.79 Å². The molecule has 1 aromatic carbocycles. The van der Waals surface area contributed by atoms with Gasteiger partial charge in [-0.3, -0.25) is 10.1 Å². The molecule has 0 fully saturated rings. The van der Waals surface area contributed by atoms with Crippen LogP contribution in [0.2, 0.25) is 5.02 Å². The molecule has 0 aliphatic carbocycles. The number of benzene rings is 1. The van der Waals surface area contributed by atoms with Crippen LogP contribution in [0.25, 0.3) is 0 Å². The van der Waals surface area contributed by atoms with Crippen molar-refractivity contribution < 1.29 is 9.21 Å². The highest BCUT2D eigenvalue weighted by molar-refractivity contribution is 6.30. The largest absolute Gasteiger partial charge is 0.459 e. The molecule has 3 aromatic rings. The number of hydrogen-bond donors (Lipinski definition) is 2. The van der Waals surface area contributed by atoms with Gasteiger partial charge in [0.1, 0.15) is 6.04 Å². The summed E-state index contributed by atoms with van der Waals surface area (Å²) in [6.45, 7) is 1.95. The van der Waals surface area contributed by atoms with E-state index in [2.05, 4.69) is 20.7 Å². The Bertz CT molecular complexity index is 944. The van der Waals surface area contributed by atoms with Crippen molar-refractivity contribution in [2.24, 2.45) is 0 Å². The lowest BCUT2D eigenvalue weighted by atomic mass is 10.1. The molecule has 3 heterocycles. The minimum absolute atomic E-state index is 0.143. The van der Waals surface area contributed by atoms with Crippen LogP contribution in [0.3, 0.4) is 0 Å². The Hall–Kier alpha value is -3.06. The van der Waals surface area contributed by atoms with Crippen LogP contribution in [0.1, 0.15) is 29.1 Å². The highest BCUT2D eigenvalue weighted by Crippen LogP contribution is 2.30. The normalized spacial score (nSPS) is 15.9. The van der Waals surface area contributed by atoms with Crippen molar-refractivity contribution in [1.29, 1.82) is 0 Å². The Labute approximate surface area is 148 Å². The van der Waals surface area contributed by atoms with Gasteiger partial charge in [-0.25, -0.2) is 4.68 Å². The fourth-order valence-corrected chi connectivity index (χ4v) is 2.78. The molecule has 4 rings (SSSR count). The minimum atomic E-state index is -0.402. The van der Waals surface area contributed by atoms with Gasteiger partial charge in [0.05, 0.1) is 6.26 Å². The Morgan fingerprint density at radius 2 is 2.12 bits per heavy atom. The summed E-state index contributed by atoms with van der Waals surface area (Å²) in [5.41, 5.74) is 1.96. The first-order chi connectivity index (χ1) is 12.1. The Kier molecular flexibility index (Phi) is 3.77. The fraction of sp³-hybridized carbons (Fsp3) is 0.118. The van der Waals surface area contributed by atoms with E-state index in [0.29, 0.717) is 11.0 Å². The van der Waals surface area contributed by atoms with Crippen molar-refractivity contribution in [2.75, 3.05) is 10.6 Å². The maximum atomic E-state index is 12.1. The molecule has 1 aliphatic rings. The van der Waals surface area contributed by atoms with Gasteiger partial charge in [0.2, 0.25) is 5.95 Å². The summed E-state index contributed by atoms with van der Waals surface area (Å²) in [6.07, 6.45) is 3.47. The Morgan fingerprint density at radius 3 is 2.84 bits per heavy atom. The first-order valence-corrected chi connectivity index (χ1v) is 8.00. The van der Waals surface area contributed by atoms with Gasteiger partial charge >= 0.3 is 0 Å². The molecular weight excluding hydrogens is 342 g/mol. The first-order valence-electron chi connectivity index (χ1n) is 7.62. The van der Waals surface area contributed by atoms with Crippen molar-refractivity contribution in [2.45, 2.75) is 13.0 Å². The van der Waals surface area contributed by atoms with E-state index in [0.717, 1.165) is 11.3 Å². The predicted octanol–water partition coefficient (Wildman–Crippen LogP) is 3.70. The Balaban J connectivity index is 1.65. The van der Waals surface area contributed by atoms with Gasteiger partial charge in [0, 0.05) is 10.7 Å². The minimum Gasteiger partial charge on any atom is -0.459 e. The number of furan rings is 1. The molecule has 1 atom stereocenters. The van der Waals surface area contributed by atoms with Gasteiger partial charge in [0.25, 0.3) is 11.9 Å². The first kappa shape index (κ1) is 15.5. The quantitative estimate of drug-likeness (QED) is 0.748. The molecule has 2 N–H and O–H groups in total. The average molecular weight is 356 g/mol. The van der Waals surface area contributed by atoms with Crippen molar-refractivity contribution >= 4 is 29.4 Å². The molecule has 0 spiro atoms. The van der Waals surface area contributed by atoms with Crippen molar-refractivity contribution in [3.63, 3.8) is 0 Å². The molecule has 8 heteroatoms. The second-order valence-corrected chi connectivity index (χ2v) is 6.04. The van der Waals surface area contributed by atoms with Crippen molar-refractivity contribution in [3.05, 3.63) is 70.8 Å². The second kappa shape index (κ2) is 6.10. The molecule has 25 heavy (non-hydrogen) atoms. The number of carbonyl (C=O) groups excluding carboxylic acids is 1. The molecule has 0 saturated carbocycles. The molecule has 0 radical (unpaired) electrons. The smallest absolute Gasteiger partial charge is 0.293 e. The van der Waals surface area contributed by atoms with E-state index >= 15 is 0 Å². The summed E-state index contributed by atoms with van der Waals surface area (Å²) in [6, 6.07) is 10.6. The van der Waals surface area contributed by atoms with Gasteiger partial charge in [-0.2, -0.15) is 4.98 Å². The average Bonchev–Trinajstić information content (AvgIpc) is 3.24. The number of allylic oxidation sites excluding steroid dienone is 2. The predicted molar refractivity (Wildman–Crippen MR) is 93.7 cm³/mol. The summed E-state index contributed by atoms with van der Waals surface area (Å²) in [5, 5.41) is 10.9. The van der Waals surface area contributed by atoms with E-state index in [-0.39, 0.29) is 17.8 Å². The molecule has 0 unspecified atom stereocenters. The van der Waals surface area contributed by atoms with Crippen LogP contribution < -0.4 is 10.6 Å². The summed E-state index contributed by atoms with van der Waals surface area (Å²) in [4.78, 5) is 16.4. The zero-order valence-corrected chi connectivity index (χ0v) is 14.0. The van der Waals surface area contributed by atoms with Crippen molar-refractivity contribution in [3.8, 4) is 0 Å². The number of carbonyl (C=O) groups is 1. The number of halogens is 1. The van der Waals surface area contributed by atoms with Gasteiger partial charge < -0.3 is 9.73 Å². The molecule has 1 amide bonds. The van der Waals surface area contributed by atoms with Crippen LogP contribution in [-0.2, 0) is 0 Å². The third-order valence-electron chi connectivity index (χ3n) is 3.79. The summed E-state index contributed by atoms with van der Waals surface area (Å²) in [7, 11) is 0. The van der Waals surface area contributed by atoms with Crippen LogP contribution in [-0.4, -0.2) is 20.7 Å². The topological polar surface area (TPSA) is 85.0 Å². The summed E-state index contributed by atoms with van der Waals surface area (Å²) < 4.78 is 6.79. The summed E-state index contributed by atoms with van der Waals surface area (Å²) >= 11 is 5.97. The molecule has 2 aromatic heterocycles. The maximum Gasteiger partial charge on any atom is 0.293 e. The molecule has 126 valence electrons. The SMILES string of the molecule is CC1=C[C@H](c2ccc(Cl)cc2)n2nc(NC(=O)c3ccco3)nc2N1. The van der Waals surface area contributed by atoms with Gasteiger partial charge in [-0.15, -0.1) is 5.10 Å². The number of anilines is 2. The maximum absolute atomic E-state index is 12.1. The number of aromatic nitrogens is 3. The highest BCUT2D eigenvalue weighted by Gasteiger charge is 2.24. The lowest BCUT2D eigenvalue weighted by Gasteiger charge is -2.22. The van der Waals surface area contributed by atoms with E-state index in [4.69, 9.17) is 16.0 Å². The number of nitrogens with zero attached hydrogens (tertiary/aromatic N) is 3. The monoisotopic (exact) mass is 355 g/mol. The highest BCUT2D eigenvalue weighted by atomic mass is 35.5. The molecular formula is C17H14ClN5O2. The van der Waals surface area contributed by atoms with Crippen LogP contribution in [0.4, 0.5) is 11.9 Å². The van der Waals surface area contributed by atoms with Crippen LogP contribution in [0.5, 0.6) is 0 Å². The van der Waals surface area contributed by atoms with Gasteiger partial charge in [-0.1, -0.05) is 23.7 Å². The van der Waals surface area contributed by atoms with E-state index in [1.807, 2.05) is 37.3 Å². The van der Waals surface area contributed by atoms with Crippen molar-refractivity contribution in [1.82, 2.24) is 14.8 Å². The number of amides is 1. The van der Waals surface area contributed by atoms with Crippen LogP contribution in [0.15, 0.2) is 58.9 Å². The van der Waals surface area contributed by atoms with Crippen LogP contribution >= 0.6 is 11.6 Å². The molecule has 1 aliphatic heterocycles. The standard InChI is InChI=1S/C17H14ClN5O2/c1-10-9-13(11-4-6-12(18)7-5-11)23-17(19-10)21-16(22-23)20-15(24)14-3-2-8-25-14/h2-9,13H,1H3,(H2,19,20,21,22,24)/t13-/m1/s1. The second-order valence-electron chi connectivity index (χ2n) is 5.61. The molecule has 0 saturated heterocycles. The lowest BCUT2D eigenvalue weighted by Crippen LogP contribution is -2.19. The van der Waals surface area contributed by atoms with E-state index in [1.54, 1.807) is 16.8 Å². The zero-order valence-electron chi connectivity index (χ0n) is 13.2. The zero-order chi connectivity index (χ0) is 17.4. The number of fused-ring (bicyclic) bond motifs is 1. The van der Waals surface area contributed by atoms with Gasteiger partial charge in [0.15, 0.2) is 5.76 Å². The van der Waals surface area contributed by atoms with Crippen LogP contribution in [0, 0.1) is 0 Å². The number of hydrogen-bond acceptors (Lipinski definition) is 5. The fourth-order valence-electron chi connectivity index (χ4n) is 2.65. The molecule has 7 nitrogen and oxygen atoms in total. The molecule has 0 bridgehead atoms. The number of nitrogens with one attached hydrogen (secondary N) is 2. The third-order valence-corrected chi connectivity index (χ3v) is 4.05. The van der Waals surface area contributed by atoms with Gasteiger partial charge in [-0.05, 0) is 42.8 Å². The number of rotatable bonds is 3. The lowest BCUT2D eigenvalue weighted by molar-refractivity contribution is 0.0996. The van der Waals surface area contributed by atoms with E-state index < -0.39 is 5.91 Å². The Morgan fingerprint density at radius 1 is 1.32 bits per heavy atom. The third kappa shape index (κ3) is 3.01.